The van der Waals surface area contributed by atoms with E-state index in [1.54, 1.807) is 0 Å². The molecule has 4 aromatic rings. The Kier molecular flexibility index (Phi) is 2.66. The minimum absolute atomic E-state index is 0.653. The Morgan fingerprint density at radius 2 is 1.52 bits per heavy atom. The van der Waals surface area contributed by atoms with E-state index < -0.39 is 0 Å². The number of fused-ring (bicyclic) bond motifs is 3. The van der Waals surface area contributed by atoms with Crippen LogP contribution in [0.1, 0.15) is 0 Å². The summed E-state index contributed by atoms with van der Waals surface area (Å²) in [5.41, 5.74) is 10.2. The molecule has 1 heterocycles. The van der Waals surface area contributed by atoms with Crippen LogP contribution in [0.2, 0.25) is 5.02 Å². The molecule has 0 fully saturated rings. The van der Waals surface area contributed by atoms with Crippen LogP contribution >= 0.6 is 11.6 Å². The van der Waals surface area contributed by atoms with Crippen molar-refractivity contribution in [3.05, 3.63) is 71.8 Å². The summed E-state index contributed by atoms with van der Waals surface area (Å²) in [5, 5.41) is 2.85. The Balaban J connectivity index is 2.27. The Morgan fingerprint density at radius 1 is 0.810 bits per heavy atom. The van der Waals surface area contributed by atoms with Gasteiger partial charge in [-0.25, -0.2) is 0 Å². The average molecular weight is 293 g/mol. The monoisotopic (exact) mass is 292 g/mol. The SMILES string of the molecule is Nc1cc(Cl)cc2c1c1ccccc1n2-c1ccccc1. The normalized spacial score (nSPS) is 11.3. The van der Waals surface area contributed by atoms with E-state index in [1.807, 2.05) is 42.5 Å². The molecule has 0 aliphatic carbocycles. The van der Waals surface area contributed by atoms with Crippen molar-refractivity contribution >= 4 is 39.1 Å². The Morgan fingerprint density at radius 3 is 2.33 bits per heavy atom. The van der Waals surface area contributed by atoms with Crippen molar-refractivity contribution in [3.8, 4) is 5.69 Å². The van der Waals surface area contributed by atoms with Crippen molar-refractivity contribution in [2.24, 2.45) is 0 Å². The number of hydrogen-bond donors (Lipinski definition) is 1. The molecule has 0 unspecified atom stereocenters. The van der Waals surface area contributed by atoms with Crippen molar-refractivity contribution in [1.82, 2.24) is 4.57 Å². The lowest BCUT2D eigenvalue weighted by molar-refractivity contribution is 1.18. The van der Waals surface area contributed by atoms with Gasteiger partial charge in [0.2, 0.25) is 0 Å². The van der Waals surface area contributed by atoms with Crippen LogP contribution in [0.15, 0.2) is 66.7 Å². The summed E-state index contributed by atoms with van der Waals surface area (Å²) in [6.45, 7) is 0. The van der Waals surface area contributed by atoms with Crippen molar-refractivity contribution < 1.29 is 0 Å². The van der Waals surface area contributed by atoms with Crippen molar-refractivity contribution in [2.75, 3.05) is 5.73 Å². The van der Waals surface area contributed by atoms with Gasteiger partial charge in [-0.15, -0.1) is 0 Å². The van der Waals surface area contributed by atoms with Crippen LogP contribution in [0, 0.1) is 0 Å². The third kappa shape index (κ3) is 1.80. The first-order chi connectivity index (χ1) is 10.3. The van der Waals surface area contributed by atoms with Gasteiger partial charge in [-0.1, -0.05) is 48.0 Å². The highest BCUT2D eigenvalue weighted by molar-refractivity contribution is 6.32. The predicted molar refractivity (Wildman–Crippen MR) is 90.2 cm³/mol. The molecule has 3 heteroatoms. The molecule has 0 saturated heterocycles. The molecule has 0 bridgehead atoms. The summed E-state index contributed by atoms with van der Waals surface area (Å²) in [6.07, 6.45) is 0. The number of para-hydroxylation sites is 2. The van der Waals surface area contributed by atoms with E-state index in [-0.39, 0.29) is 0 Å². The van der Waals surface area contributed by atoms with Crippen molar-refractivity contribution in [2.45, 2.75) is 0 Å². The van der Waals surface area contributed by atoms with Crippen LogP contribution in [0.5, 0.6) is 0 Å². The van der Waals surface area contributed by atoms with Crippen LogP contribution in [0.4, 0.5) is 5.69 Å². The molecule has 0 saturated carbocycles. The maximum absolute atomic E-state index is 6.22. The first-order valence-electron chi connectivity index (χ1n) is 6.79. The number of benzene rings is 3. The molecule has 2 nitrogen and oxygen atoms in total. The van der Waals surface area contributed by atoms with E-state index in [0.29, 0.717) is 10.7 Å². The summed E-state index contributed by atoms with van der Waals surface area (Å²) in [6, 6.07) is 22.3. The maximum Gasteiger partial charge on any atom is 0.0576 e. The zero-order valence-corrected chi connectivity index (χ0v) is 12.0. The topological polar surface area (TPSA) is 30.9 Å². The van der Waals surface area contributed by atoms with Gasteiger partial charge in [0.25, 0.3) is 0 Å². The van der Waals surface area contributed by atoms with Gasteiger partial charge >= 0.3 is 0 Å². The van der Waals surface area contributed by atoms with Crippen LogP contribution in [-0.4, -0.2) is 4.57 Å². The highest BCUT2D eigenvalue weighted by atomic mass is 35.5. The Labute approximate surface area is 127 Å². The summed E-state index contributed by atoms with van der Waals surface area (Å²) < 4.78 is 2.20. The fourth-order valence-corrected chi connectivity index (χ4v) is 3.17. The van der Waals surface area contributed by atoms with Crippen molar-refractivity contribution in [3.63, 3.8) is 0 Å². The van der Waals surface area contributed by atoms with E-state index >= 15 is 0 Å². The third-order valence-electron chi connectivity index (χ3n) is 3.78. The molecule has 0 spiro atoms. The molecule has 102 valence electrons. The van der Waals surface area contributed by atoms with Gasteiger partial charge in [0.15, 0.2) is 0 Å². The second kappa shape index (κ2) is 4.54. The average Bonchev–Trinajstić information content (AvgIpc) is 2.82. The highest BCUT2D eigenvalue weighted by Gasteiger charge is 2.14. The Hall–Kier alpha value is -2.45. The first-order valence-corrected chi connectivity index (χ1v) is 7.17. The molecule has 0 aliphatic rings. The minimum Gasteiger partial charge on any atom is -0.398 e. The van der Waals surface area contributed by atoms with Gasteiger partial charge in [0, 0.05) is 27.2 Å². The quantitative estimate of drug-likeness (QED) is 0.491. The lowest BCUT2D eigenvalue weighted by Gasteiger charge is -2.07. The van der Waals surface area contributed by atoms with Crippen molar-refractivity contribution in [1.29, 1.82) is 0 Å². The largest absolute Gasteiger partial charge is 0.398 e. The molecule has 1 aromatic heterocycles. The van der Waals surface area contributed by atoms with Crippen LogP contribution in [-0.2, 0) is 0 Å². The number of anilines is 1. The smallest absolute Gasteiger partial charge is 0.0576 e. The van der Waals surface area contributed by atoms with E-state index in [1.165, 1.54) is 0 Å². The number of hydrogen-bond acceptors (Lipinski definition) is 1. The van der Waals surface area contributed by atoms with Gasteiger partial charge in [-0.05, 0) is 30.3 Å². The minimum atomic E-state index is 0.653. The van der Waals surface area contributed by atoms with Crippen LogP contribution in [0.3, 0.4) is 0 Å². The molecule has 0 atom stereocenters. The number of nitrogens with two attached hydrogens (primary N) is 1. The summed E-state index contributed by atoms with van der Waals surface area (Å²) >= 11 is 6.22. The number of nitrogen functional groups attached to an aromatic ring is 1. The first kappa shape index (κ1) is 12.3. The van der Waals surface area contributed by atoms with Crippen LogP contribution in [0.25, 0.3) is 27.5 Å². The van der Waals surface area contributed by atoms with E-state index in [2.05, 4.69) is 28.8 Å². The van der Waals surface area contributed by atoms with E-state index in [9.17, 15) is 0 Å². The number of rotatable bonds is 1. The Bertz CT molecular complexity index is 955. The van der Waals surface area contributed by atoms with Gasteiger partial charge in [-0.2, -0.15) is 0 Å². The lowest BCUT2D eigenvalue weighted by Crippen LogP contribution is -1.93. The second-order valence-electron chi connectivity index (χ2n) is 5.08. The highest BCUT2D eigenvalue weighted by Crippen LogP contribution is 2.36. The van der Waals surface area contributed by atoms with Crippen LogP contribution < -0.4 is 5.73 Å². The molecule has 21 heavy (non-hydrogen) atoms. The molecule has 2 N–H and O–H groups in total. The zero-order valence-electron chi connectivity index (χ0n) is 11.3. The van der Waals surface area contributed by atoms with Gasteiger partial charge in [0.05, 0.1) is 11.0 Å². The third-order valence-corrected chi connectivity index (χ3v) is 4.00. The van der Waals surface area contributed by atoms with Gasteiger partial charge in [-0.3, -0.25) is 0 Å². The molecular formula is C18H13ClN2. The molecule has 3 aromatic carbocycles. The zero-order chi connectivity index (χ0) is 14.4. The summed E-state index contributed by atoms with van der Waals surface area (Å²) in [7, 11) is 0. The molecular weight excluding hydrogens is 280 g/mol. The van der Waals surface area contributed by atoms with E-state index in [4.69, 9.17) is 17.3 Å². The maximum atomic E-state index is 6.22. The molecule has 0 amide bonds. The number of halogens is 1. The second-order valence-corrected chi connectivity index (χ2v) is 5.51. The van der Waals surface area contributed by atoms with Gasteiger partial charge in [0.1, 0.15) is 0 Å². The molecule has 0 radical (unpaired) electrons. The lowest BCUT2D eigenvalue weighted by atomic mass is 10.1. The van der Waals surface area contributed by atoms with E-state index in [0.717, 1.165) is 27.5 Å². The summed E-state index contributed by atoms with van der Waals surface area (Å²) in [5.74, 6) is 0. The fraction of sp³-hybridized carbons (Fsp3) is 0. The van der Waals surface area contributed by atoms with Gasteiger partial charge < -0.3 is 10.3 Å². The fourth-order valence-electron chi connectivity index (χ4n) is 2.95. The molecule has 4 rings (SSSR count). The predicted octanol–water partition coefficient (Wildman–Crippen LogP) is 5.02. The number of aromatic nitrogens is 1. The number of nitrogens with zero attached hydrogens (tertiary/aromatic N) is 1. The molecule has 0 aliphatic heterocycles. The summed E-state index contributed by atoms with van der Waals surface area (Å²) in [4.78, 5) is 0. The standard InChI is InChI=1S/C18H13ClN2/c19-12-10-15(20)18-14-8-4-5-9-16(14)21(17(18)11-12)13-6-2-1-3-7-13/h1-11H,20H2.